The van der Waals surface area contributed by atoms with Gasteiger partial charge >= 0.3 is 6.09 Å². The van der Waals surface area contributed by atoms with Gasteiger partial charge in [0.2, 0.25) is 5.91 Å². The van der Waals surface area contributed by atoms with E-state index in [1.54, 1.807) is 32.4 Å². The molecule has 0 aromatic heterocycles. The number of ether oxygens (including phenoxy) is 3. The smallest absolute Gasteiger partial charge is 0.411 e. The number of hydrogen-bond acceptors (Lipinski definition) is 6. The normalized spacial score (nSPS) is 13.6. The van der Waals surface area contributed by atoms with Gasteiger partial charge in [0.25, 0.3) is 0 Å². The standard InChI is InChI=1S/C21H23N3O5/c1-27-18-9-7-15(12-19(18)28-2)17-8-10-20(25)24(23-17)13-14-5-4-6-16(11-14)22-21(26)29-3/h4-7,9,11-12H,8,10,13H2,1-3H3,(H,22,26). The van der Waals surface area contributed by atoms with Crippen molar-refractivity contribution < 1.29 is 23.8 Å². The predicted molar refractivity (Wildman–Crippen MR) is 108 cm³/mol. The van der Waals surface area contributed by atoms with E-state index < -0.39 is 6.09 Å². The number of anilines is 1. The number of rotatable bonds is 6. The number of benzene rings is 2. The van der Waals surface area contributed by atoms with Gasteiger partial charge in [-0.2, -0.15) is 5.10 Å². The molecule has 8 heteroatoms. The van der Waals surface area contributed by atoms with Crippen molar-refractivity contribution in [1.29, 1.82) is 0 Å². The molecule has 3 rings (SSSR count). The second-order valence-electron chi connectivity index (χ2n) is 6.38. The van der Waals surface area contributed by atoms with Crippen LogP contribution in [0.5, 0.6) is 11.5 Å². The van der Waals surface area contributed by atoms with Gasteiger partial charge in [0.15, 0.2) is 11.5 Å². The zero-order valence-electron chi connectivity index (χ0n) is 16.6. The topological polar surface area (TPSA) is 89.5 Å². The Morgan fingerprint density at radius 3 is 2.59 bits per heavy atom. The number of carbonyl (C=O) groups is 2. The number of nitrogens with zero attached hydrogens (tertiary/aromatic N) is 2. The molecule has 152 valence electrons. The molecule has 0 unspecified atom stereocenters. The van der Waals surface area contributed by atoms with Crippen LogP contribution in [0, 0.1) is 0 Å². The van der Waals surface area contributed by atoms with Crippen molar-refractivity contribution in [1.82, 2.24) is 5.01 Å². The number of methoxy groups -OCH3 is 3. The van der Waals surface area contributed by atoms with Crippen LogP contribution in [-0.4, -0.2) is 44.1 Å². The average Bonchev–Trinajstić information content (AvgIpc) is 2.75. The minimum atomic E-state index is -0.551. The number of hydrazone groups is 1. The second kappa shape index (κ2) is 9.09. The maximum Gasteiger partial charge on any atom is 0.411 e. The highest BCUT2D eigenvalue weighted by Gasteiger charge is 2.22. The minimum absolute atomic E-state index is 0.0550. The summed E-state index contributed by atoms with van der Waals surface area (Å²) in [6.07, 6.45) is 0.368. The summed E-state index contributed by atoms with van der Waals surface area (Å²) in [5, 5.41) is 8.62. The van der Waals surface area contributed by atoms with Crippen molar-refractivity contribution in [3.05, 3.63) is 53.6 Å². The lowest BCUT2D eigenvalue weighted by atomic mass is 10.0. The zero-order chi connectivity index (χ0) is 20.8. The number of hydrogen-bond donors (Lipinski definition) is 1. The van der Waals surface area contributed by atoms with E-state index in [2.05, 4.69) is 15.2 Å². The van der Waals surface area contributed by atoms with E-state index in [1.165, 1.54) is 12.1 Å². The molecule has 0 spiro atoms. The summed E-state index contributed by atoms with van der Waals surface area (Å²) in [6.45, 7) is 0.298. The molecule has 0 radical (unpaired) electrons. The highest BCUT2D eigenvalue weighted by molar-refractivity contribution is 6.04. The van der Waals surface area contributed by atoms with Gasteiger partial charge in [0.05, 0.1) is 33.6 Å². The van der Waals surface area contributed by atoms with Gasteiger partial charge in [-0.15, -0.1) is 0 Å². The van der Waals surface area contributed by atoms with Gasteiger partial charge in [-0.25, -0.2) is 9.80 Å². The Morgan fingerprint density at radius 2 is 1.86 bits per heavy atom. The summed E-state index contributed by atoms with van der Waals surface area (Å²) in [4.78, 5) is 23.8. The molecule has 1 heterocycles. The average molecular weight is 397 g/mol. The van der Waals surface area contributed by atoms with Crippen LogP contribution >= 0.6 is 0 Å². The third-order valence-electron chi connectivity index (χ3n) is 4.51. The molecule has 2 aromatic rings. The van der Waals surface area contributed by atoms with E-state index in [0.717, 1.165) is 16.8 Å². The molecule has 0 atom stereocenters. The van der Waals surface area contributed by atoms with Crippen molar-refractivity contribution in [2.75, 3.05) is 26.6 Å². The summed E-state index contributed by atoms with van der Waals surface area (Å²) >= 11 is 0. The molecular formula is C21H23N3O5. The quantitative estimate of drug-likeness (QED) is 0.807. The minimum Gasteiger partial charge on any atom is -0.493 e. The van der Waals surface area contributed by atoms with Gasteiger partial charge in [0, 0.05) is 24.1 Å². The number of amides is 2. The van der Waals surface area contributed by atoms with Gasteiger partial charge < -0.3 is 14.2 Å². The van der Waals surface area contributed by atoms with Crippen LogP contribution in [0.3, 0.4) is 0 Å². The Balaban J connectivity index is 1.82. The van der Waals surface area contributed by atoms with Gasteiger partial charge in [-0.05, 0) is 35.9 Å². The van der Waals surface area contributed by atoms with Crippen molar-refractivity contribution in [2.45, 2.75) is 19.4 Å². The Bertz CT molecular complexity index is 942. The van der Waals surface area contributed by atoms with E-state index >= 15 is 0 Å². The number of carbonyl (C=O) groups excluding carboxylic acids is 2. The molecule has 2 amide bonds. The molecule has 1 aliphatic rings. The highest BCUT2D eigenvalue weighted by Crippen LogP contribution is 2.29. The van der Waals surface area contributed by atoms with Gasteiger partial charge in [-0.1, -0.05) is 12.1 Å². The van der Waals surface area contributed by atoms with E-state index in [1.807, 2.05) is 24.3 Å². The van der Waals surface area contributed by atoms with Gasteiger partial charge in [-0.3, -0.25) is 10.1 Å². The first-order valence-electron chi connectivity index (χ1n) is 9.08. The van der Waals surface area contributed by atoms with E-state index in [0.29, 0.717) is 36.6 Å². The SMILES string of the molecule is COC(=O)Nc1cccc(CN2N=C(c3ccc(OC)c(OC)c3)CCC2=O)c1. The Morgan fingerprint density at radius 1 is 1.07 bits per heavy atom. The second-order valence-corrected chi connectivity index (χ2v) is 6.38. The van der Waals surface area contributed by atoms with Crippen molar-refractivity contribution in [2.24, 2.45) is 5.10 Å². The molecule has 0 bridgehead atoms. The molecule has 0 aliphatic carbocycles. The first-order chi connectivity index (χ1) is 14.0. The largest absolute Gasteiger partial charge is 0.493 e. The lowest BCUT2D eigenvalue weighted by molar-refractivity contribution is -0.132. The van der Waals surface area contributed by atoms with Crippen LogP contribution in [-0.2, 0) is 16.1 Å². The van der Waals surface area contributed by atoms with E-state index in [4.69, 9.17) is 9.47 Å². The molecule has 0 fully saturated rings. The summed E-state index contributed by atoms with van der Waals surface area (Å²) in [6, 6.07) is 12.8. The van der Waals surface area contributed by atoms with Crippen LogP contribution in [0.4, 0.5) is 10.5 Å². The fourth-order valence-corrected chi connectivity index (χ4v) is 3.04. The summed E-state index contributed by atoms with van der Waals surface area (Å²) in [5.74, 6) is 1.19. The summed E-state index contributed by atoms with van der Waals surface area (Å²) in [7, 11) is 4.46. The summed E-state index contributed by atoms with van der Waals surface area (Å²) in [5.41, 5.74) is 3.10. The van der Waals surface area contributed by atoms with Crippen LogP contribution in [0.15, 0.2) is 47.6 Å². The lowest BCUT2D eigenvalue weighted by Crippen LogP contribution is -2.31. The fraction of sp³-hybridized carbons (Fsp3) is 0.286. The molecule has 8 nitrogen and oxygen atoms in total. The van der Waals surface area contributed by atoms with Crippen molar-refractivity contribution >= 4 is 23.4 Å². The molecule has 29 heavy (non-hydrogen) atoms. The predicted octanol–water partition coefficient (Wildman–Crippen LogP) is 3.41. The fourth-order valence-electron chi connectivity index (χ4n) is 3.04. The monoisotopic (exact) mass is 397 g/mol. The van der Waals surface area contributed by atoms with Crippen LogP contribution < -0.4 is 14.8 Å². The molecule has 0 saturated carbocycles. The van der Waals surface area contributed by atoms with Crippen molar-refractivity contribution in [3.8, 4) is 11.5 Å². The van der Waals surface area contributed by atoms with E-state index in [-0.39, 0.29) is 5.91 Å². The number of nitrogens with one attached hydrogen (secondary N) is 1. The summed E-state index contributed by atoms with van der Waals surface area (Å²) < 4.78 is 15.2. The molecule has 0 saturated heterocycles. The van der Waals surface area contributed by atoms with Crippen LogP contribution in [0.2, 0.25) is 0 Å². The Hall–Kier alpha value is -3.55. The zero-order valence-corrected chi connectivity index (χ0v) is 16.6. The maximum absolute atomic E-state index is 12.4. The first kappa shape index (κ1) is 20.2. The van der Waals surface area contributed by atoms with Crippen molar-refractivity contribution in [3.63, 3.8) is 0 Å². The van der Waals surface area contributed by atoms with E-state index in [9.17, 15) is 9.59 Å². The molecular weight excluding hydrogens is 374 g/mol. The third kappa shape index (κ3) is 4.84. The molecule has 2 aromatic carbocycles. The van der Waals surface area contributed by atoms with Gasteiger partial charge in [0.1, 0.15) is 0 Å². The highest BCUT2D eigenvalue weighted by atomic mass is 16.5. The first-order valence-corrected chi connectivity index (χ1v) is 9.08. The van der Waals surface area contributed by atoms with Crippen LogP contribution in [0.25, 0.3) is 0 Å². The Kier molecular flexibility index (Phi) is 6.33. The Labute approximate surface area is 169 Å². The maximum atomic E-state index is 12.4. The molecule has 1 aliphatic heterocycles. The molecule has 1 N–H and O–H groups in total. The third-order valence-corrected chi connectivity index (χ3v) is 4.51. The lowest BCUT2D eigenvalue weighted by Gasteiger charge is -2.24. The van der Waals surface area contributed by atoms with Crippen LogP contribution in [0.1, 0.15) is 24.0 Å².